The molecule has 2 N–H and O–H groups in total. The van der Waals surface area contributed by atoms with Gasteiger partial charge in [0.2, 0.25) is 15.9 Å². The van der Waals surface area contributed by atoms with Gasteiger partial charge in [-0.25, -0.2) is 8.42 Å². The molecular weight excluding hydrogens is 321 g/mol. The Kier molecular flexibility index (Phi) is 4.22. The molecule has 0 bridgehead atoms. The summed E-state index contributed by atoms with van der Waals surface area (Å²) >= 11 is 0. The van der Waals surface area contributed by atoms with Crippen LogP contribution in [0.3, 0.4) is 0 Å². The predicted molar refractivity (Wildman–Crippen MR) is 72.2 cm³/mol. The minimum Gasteiger partial charge on any atom is -0.369 e. The molecule has 2 atom stereocenters. The molecule has 1 aliphatic heterocycles. The van der Waals surface area contributed by atoms with Crippen molar-refractivity contribution in [1.29, 1.82) is 0 Å². The average molecular weight is 336 g/mol. The van der Waals surface area contributed by atoms with Gasteiger partial charge in [-0.3, -0.25) is 4.79 Å². The van der Waals surface area contributed by atoms with Crippen LogP contribution in [0.1, 0.15) is 5.56 Å². The number of halogens is 3. The van der Waals surface area contributed by atoms with Crippen LogP contribution in [0.5, 0.6) is 0 Å². The third-order valence-corrected chi connectivity index (χ3v) is 5.78. The second-order valence-corrected chi connectivity index (χ2v) is 7.15. The summed E-state index contributed by atoms with van der Waals surface area (Å²) in [4.78, 5) is 11.2. The zero-order chi connectivity index (χ0) is 16.7. The minimum atomic E-state index is -4.68. The first-order valence-corrected chi connectivity index (χ1v) is 7.91. The van der Waals surface area contributed by atoms with Gasteiger partial charge in [0.1, 0.15) is 0 Å². The van der Waals surface area contributed by atoms with Crippen molar-refractivity contribution in [1.82, 2.24) is 4.31 Å². The Morgan fingerprint density at radius 2 is 1.86 bits per heavy atom. The molecule has 0 spiro atoms. The Morgan fingerprint density at radius 1 is 1.27 bits per heavy atom. The van der Waals surface area contributed by atoms with Gasteiger partial charge in [0, 0.05) is 13.1 Å². The molecule has 1 heterocycles. The van der Waals surface area contributed by atoms with Gasteiger partial charge in [0.15, 0.2) is 0 Å². The molecule has 1 saturated heterocycles. The van der Waals surface area contributed by atoms with Crippen molar-refractivity contribution in [2.24, 2.45) is 17.6 Å². The zero-order valence-electron chi connectivity index (χ0n) is 11.7. The van der Waals surface area contributed by atoms with E-state index in [1.54, 1.807) is 19.1 Å². The van der Waals surface area contributed by atoms with Gasteiger partial charge < -0.3 is 5.73 Å². The highest BCUT2D eigenvalue weighted by molar-refractivity contribution is 7.89. The largest absolute Gasteiger partial charge is 0.393 e. The van der Waals surface area contributed by atoms with E-state index < -0.39 is 47.0 Å². The van der Waals surface area contributed by atoms with E-state index in [-0.39, 0.29) is 4.90 Å². The molecule has 1 fully saturated rings. The highest BCUT2D eigenvalue weighted by Crippen LogP contribution is 2.39. The normalized spacial score (nSPS) is 23.6. The van der Waals surface area contributed by atoms with Crippen molar-refractivity contribution in [2.75, 3.05) is 13.1 Å². The fourth-order valence-electron chi connectivity index (χ4n) is 2.57. The summed E-state index contributed by atoms with van der Waals surface area (Å²) in [6.45, 7) is 0.194. The van der Waals surface area contributed by atoms with Gasteiger partial charge in [0.25, 0.3) is 0 Å². The van der Waals surface area contributed by atoms with Crippen molar-refractivity contribution in [3.8, 4) is 0 Å². The van der Waals surface area contributed by atoms with E-state index in [1.807, 2.05) is 0 Å². The van der Waals surface area contributed by atoms with E-state index in [0.29, 0.717) is 9.87 Å². The number of rotatable bonds is 3. The number of amides is 1. The summed E-state index contributed by atoms with van der Waals surface area (Å²) in [5.41, 5.74) is 5.42. The third-order valence-electron chi connectivity index (χ3n) is 3.78. The van der Waals surface area contributed by atoms with E-state index in [2.05, 4.69) is 0 Å². The summed E-state index contributed by atoms with van der Waals surface area (Å²) in [6.07, 6.45) is -4.68. The second kappa shape index (κ2) is 5.54. The van der Waals surface area contributed by atoms with Crippen LogP contribution in [-0.2, 0) is 14.8 Å². The standard InChI is InChI=1S/C13H15F3N2O3S/c1-8-4-2-3-5-11(8)22(20,21)18-6-9(12(17)19)10(7-18)13(14,15)16/h2-5,9-10H,6-7H2,1H3,(H2,17,19)/t9-,10-/m1/s1. The number of hydrogen-bond acceptors (Lipinski definition) is 3. The quantitative estimate of drug-likeness (QED) is 0.903. The highest BCUT2D eigenvalue weighted by atomic mass is 32.2. The van der Waals surface area contributed by atoms with E-state index >= 15 is 0 Å². The molecule has 0 radical (unpaired) electrons. The smallest absolute Gasteiger partial charge is 0.369 e. The van der Waals surface area contributed by atoms with Crippen LogP contribution in [0.4, 0.5) is 13.2 Å². The van der Waals surface area contributed by atoms with Crippen molar-refractivity contribution >= 4 is 15.9 Å². The van der Waals surface area contributed by atoms with E-state index in [9.17, 15) is 26.4 Å². The molecule has 5 nitrogen and oxygen atoms in total. The van der Waals surface area contributed by atoms with Crippen molar-refractivity contribution in [3.63, 3.8) is 0 Å². The lowest BCUT2D eigenvalue weighted by atomic mass is 9.95. The lowest BCUT2D eigenvalue weighted by molar-refractivity contribution is -0.182. The Hall–Kier alpha value is -1.61. The molecule has 2 rings (SSSR count). The van der Waals surface area contributed by atoms with Crippen LogP contribution < -0.4 is 5.73 Å². The van der Waals surface area contributed by atoms with E-state index in [1.165, 1.54) is 12.1 Å². The Bertz CT molecular complexity index is 688. The van der Waals surface area contributed by atoms with Gasteiger partial charge in [-0.1, -0.05) is 18.2 Å². The first-order chi connectivity index (χ1) is 10.0. The Morgan fingerprint density at radius 3 is 2.32 bits per heavy atom. The zero-order valence-corrected chi connectivity index (χ0v) is 12.5. The maximum absolute atomic E-state index is 13.0. The average Bonchev–Trinajstić information content (AvgIpc) is 2.84. The molecule has 0 aliphatic carbocycles. The molecule has 0 saturated carbocycles. The van der Waals surface area contributed by atoms with Gasteiger partial charge in [0.05, 0.1) is 16.7 Å². The number of carbonyl (C=O) groups is 1. The summed E-state index contributed by atoms with van der Waals surface area (Å²) in [5.74, 6) is -4.80. The summed E-state index contributed by atoms with van der Waals surface area (Å²) < 4.78 is 64.6. The summed E-state index contributed by atoms with van der Waals surface area (Å²) in [7, 11) is -4.10. The first kappa shape index (κ1) is 16.8. The highest BCUT2D eigenvalue weighted by Gasteiger charge is 2.54. The van der Waals surface area contributed by atoms with Gasteiger partial charge in [-0.2, -0.15) is 17.5 Å². The minimum absolute atomic E-state index is 0.0685. The summed E-state index contributed by atoms with van der Waals surface area (Å²) in [5, 5.41) is 0. The number of sulfonamides is 1. The topological polar surface area (TPSA) is 80.5 Å². The van der Waals surface area contributed by atoms with Gasteiger partial charge >= 0.3 is 6.18 Å². The molecule has 1 aromatic rings. The monoisotopic (exact) mass is 336 g/mol. The van der Waals surface area contributed by atoms with Crippen molar-refractivity contribution in [3.05, 3.63) is 29.8 Å². The van der Waals surface area contributed by atoms with Crippen molar-refractivity contribution < 1.29 is 26.4 Å². The van der Waals surface area contributed by atoms with Crippen LogP contribution in [0, 0.1) is 18.8 Å². The van der Waals surface area contributed by atoms with Crippen LogP contribution in [0.15, 0.2) is 29.2 Å². The molecule has 1 aliphatic rings. The molecule has 0 unspecified atom stereocenters. The fourth-order valence-corrected chi connectivity index (χ4v) is 4.29. The number of carbonyl (C=O) groups excluding carboxylic acids is 1. The molecule has 1 amide bonds. The Labute approximate surface area is 125 Å². The maximum Gasteiger partial charge on any atom is 0.393 e. The lowest BCUT2D eigenvalue weighted by Gasteiger charge is -2.19. The van der Waals surface area contributed by atoms with E-state index in [0.717, 1.165) is 0 Å². The van der Waals surface area contributed by atoms with Crippen LogP contribution >= 0.6 is 0 Å². The van der Waals surface area contributed by atoms with Gasteiger partial charge in [-0.15, -0.1) is 0 Å². The lowest BCUT2D eigenvalue weighted by Crippen LogP contribution is -2.37. The first-order valence-electron chi connectivity index (χ1n) is 6.47. The number of nitrogens with two attached hydrogens (primary N) is 1. The van der Waals surface area contributed by atoms with E-state index in [4.69, 9.17) is 5.73 Å². The molecular formula is C13H15F3N2O3S. The van der Waals surface area contributed by atoms with Crippen LogP contribution in [0.2, 0.25) is 0 Å². The van der Waals surface area contributed by atoms with Gasteiger partial charge in [-0.05, 0) is 18.6 Å². The number of alkyl halides is 3. The van der Waals surface area contributed by atoms with Crippen LogP contribution in [-0.4, -0.2) is 37.9 Å². The number of benzene rings is 1. The molecule has 122 valence electrons. The molecule has 1 aromatic carbocycles. The molecule has 9 heteroatoms. The van der Waals surface area contributed by atoms with Crippen LogP contribution in [0.25, 0.3) is 0 Å². The number of nitrogens with zero attached hydrogens (tertiary/aromatic N) is 1. The second-order valence-electron chi connectivity index (χ2n) is 5.24. The summed E-state index contributed by atoms with van der Waals surface area (Å²) in [6, 6.07) is 5.99. The number of hydrogen-bond donors (Lipinski definition) is 1. The fraction of sp³-hybridized carbons (Fsp3) is 0.462. The molecule has 0 aromatic heterocycles. The maximum atomic E-state index is 13.0. The number of aryl methyl sites for hydroxylation is 1. The van der Waals surface area contributed by atoms with Crippen molar-refractivity contribution in [2.45, 2.75) is 18.0 Å². The third kappa shape index (κ3) is 2.95. The predicted octanol–water partition coefficient (Wildman–Crippen LogP) is 1.28. The SMILES string of the molecule is Cc1ccccc1S(=O)(=O)N1C[C@@H](C(F)(F)F)[C@H](C(N)=O)C1. The Balaban J connectivity index is 2.39. The molecule has 22 heavy (non-hydrogen) atoms. The number of primary amides is 1.